The Morgan fingerprint density at radius 1 is 1.40 bits per heavy atom. The van der Waals surface area contributed by atoms with Crippen molar-refractivity contribution in [3.05, 3.63) is 34.3 Å². The highest BCUT2D eigenvalue weighted by Gasteiger charge is 2.25. The number of fused-ring (bicyclic) bond motifs is 1. The van der Waals surface area contributed by atoms with E-state index in [2.05, 4.69) is 0 Å². The molecule has 0 fully saturated rings. The van der Waals surface area contributed by atoms with Crippen molar-refractivity contribution in [2.24, 2.45) is 0 Å². The van der Waals surface area contributed by atoms with E-state index in [1.54, 1.807) is 6.07 Å². The molecule has 0 N–H and O–H groups in total. The topological polar surface area (TPSA) is 20.3 Å². The van der Waals surface area contributed by atoms with Gasteiger partial charge in [-0.05, 0) is 44.0 Å². The Labute approximate surface area is 94.8 Å². The lowest BCUT2D eigenvalue weighted by Gasteiger charge is -2.31. The van der Waals surface area contributed by atoms with E-state index < -0.39 is 0 Å². The van der Waals surface area contributed by atoms with Gasteiger partial charge in [-0.3, -0.25) is 4.79 Å². The summed E-state index contributed by atoms with van der Waals surface area (Å²) in [5, 5.41) is 0.708. The van der Waals surface area contributed by atoms with Gasteiger partial charge < -0.3 is 4.90 Å². The Morgan fingerprint density at radius 2 is 2.13 bits per heavy atom. The van der Waals surface area contributed by atoms with E-state index in [4.69, 9.17) is 11.6 Å². The van der Waals surface area contributed by atoms with Gasteiger partial charge in [-0.1, -0.05) is 11.6 Å². The Morgan fingerprint density at radius 3 is 2.80 bits per heavy atom. The highest BCUT2D eigenvalue weighted by atomic mass is 35.5. The van der Waals surface area contributed by atoms with Gasteiger partial charge in [-0.2, -0.15) is 0 Å². The molecular formula is C12H14ClNO. The molecule has 80 valence electrons. The Bertz CT molecular complexity index is 401. The van der Waals surface area contributed by atoms with Crippen molar-refractivity contribution in [2.75, 3.05) is 6.54 Å². The average molecular weight is 224 g/mol. The molecule has 15 heavy (non-hydrogen) atoms. The second-order valence-electron chi connectivity index (χ2n) is 4.14. The number of amides is 1. The van der Waals surface area contributed by atoms with Crippen LogP contribution in [0.5, 0.6) is 0 Å². The minimum absolute atomic E-state index is 0.128. The maximum atomic E-state index is 12.1. The molecule has 1 amide bonds. The zero-order chi connectivity index (χ0) is 11.0. The van der Waals surface area contributed by atoms with Crippen LogP contribution in [-0.4, -0.2) is 23.4 Å². The van der Waals surface area contributed by atoms with E-state index in [-0.39, 0.29) is 11.9 Å². The van der Waals surface area contributed by atoms with Crippen molar-refractivity contribution in [3.63, 3.8) is 0 Å². The van der Waals surface area contributed by atoms with E-state index in [1.165, 1.54) is 0 Å². The number of nitrogens with zero attached hydrogens (tertiary/aromatic N) is 1. The first-order valence-electron chi connectivity index (χ1n) is 5.19. The largest absolute Gasteiger partial charge is 0.336 e. The number of halogens is 1. The van der Waals surface area contributed by atoms with Gasteiger partial charge in [0, 0.05) is 23.2 Å². The quantitative estimate of drug-likeness (QED) is 0.717. The second-order valence-corrected chi connectivity index (χ2v) is 4.58. The van der Waals surface area contributed by atoms with Crippen LogP contribution in [0.15, 0.2) is 18.2 Å². The second kappa shape index (κ2) is 3.86. The van der Waals surface area contributed by atoms with E-state index in [0.717, 1.165) is 24.1 Å². The molecule has 0 radical (unpaired) electrons. The molecule has 0 saturated heterocycles. The Hall–Kier alpha value is -1.02. The van der Waals surface area contributed by atoms with Crippen LogP contribution in [0.4, 0.5) is 0 Å². The van der Waals surface area contributed by atoms with Gasteiger partial charge in [-0.15, -0.1) is 0 Å². The van der Waals surface area contributed by atoms with Crippen LogP contribution >= 0.6 is 11.6 Å². The molecular weight excluding hydrogens is 210 g/mol. The summed E-state index contributed by atoms with van der Waals surface area (Å²) >= 11 is 5.90. The molecule has 0 unspecified atom stereocenters. The fourth-order valence-electron chi connectivity index (χ4n) is 1.97. The maximum absolute atomic E-state index is 12.1. The van der Waals surface area contributed by atoms with Crippen LogP contribution in [0.25, 0.3) is 0 Å². The lowest BCUT2D eigenvalue weighted by molar-refractivity contribution is 0.0688. The van der Waals surface area contributed by atoms with E-state index >= 15 is 0 Å². The lowest BCUT2D eigenvalue weighted by Crippen LogP contribution is -2.42. The molecule has 3 heteroatoms. The van der Waals surface area contributed by atoms with Crippen molar-refractivity contribution in [2.45, 2.75) is 26.3 Å². The van der Waals surface area contributed by atoms with Gasteiger partial charge in [0.15, 0.2) is 0 Å². The number of carbonyl (C=O) groups excluding carboxylic acids is 1. The van der Waals surface area contributed by atoms with Gasteiger partial charge in [0.2, 0.25) is 0 Å². The first-order chi connectivity index (χ1) is 7.09. The minimum atomic E-state index is 0.128. The highest BCUT2D eigenvalue weighted by molar-refractivity contribution is 6.30. The number of carbonyl (C=O) groups is 1. The van der Waals surface area contributed by atoms with Gasteiger partial charge in [0.1, 0.15) is 0 Å². The number of hydrogen-bond donors (Lipinski definition) is 0. The molecule has 2 rings (SSSR count). The van der Waals surface area contributed by atoms with Gasteiger partial charge in [-0.25, -0.2) is 0 Å². The summed E-state index contributed by atoms with van der Waals surface area (Å²) in [6.45, 7) is 4.88. The smallest absolute Gasteiger partial charge is 0.254 e. The first-order valence-corrected chi connectivity index (χ1v) is 5.57. The summed E-state index contributed by atoms with van der Waals surface area (Å²) in [6.07, 6.45) is 0.903. The van der Waals surface area contributed by atoms with E-state index in [1.807, 2.05) is 30.9 Å². The maximum Gasteiger partial charge on any atom is 0.254 e. The van der Waals surface area contributed by atoms with Crippen LogP contribution < -0.4 is 0 Å². The molecule has 0 aromatic heterocycles. The van der Waals surface area contributed by atoms with Crippen LogP contribution in [0.2, 0.25) is 5.02 Å². The zero-order valence-electron chi connectivity index (χ0n) is 8.96. The summed E-state index contributed by atoms with van der Waals surface area (Å²) in [5.74, 6) is 0.128. The normalized spacial score (nSPS) is 15.7. The molecule has 0 saturated carbocycles. The van der Waals surface area contributed by atoms with Crippen molar-refractivity contribution < 1.29 is 4.79 Å². The van der Waals surface area contributed by atoms with Crippen LogP contribution in [0, 0.1) is 0 Å². The lowest BCUT2D eigenvalue weighted by atomic mass is 9.98. The van der Waals surface area contributed by atoms with Crippen LogP contribution in [-0.2, 0) is 6.42 Å². The fourth-order valence-corrected chi connectivity index (χ4v) is 2.16. The summed E-state index contributed by atoms with van der Waals surface area (Å²) in [5.41, 5.74) is 1.88. The Balaban J connectivity index is 2.39. The zero-order valence-corrected chi connectivity index (χ0v) is 9.71. The minimum Gasteiger partial charge on any atom is -0.336 e. The standard InChI is InChI=1S/C12H14ClNO/c1-8(2)14-6-5-9-7-10(13)3-4-11(9)12(14)15/h3-4,7-8H,5-6H2,1-2H3. The molecule has 0 bridgehead atoms. The third kappa shape index (κ3) is 1.86. The predicted octanol–water partition coefficient (Wildman–Crippen LogP) is 2.75. The number of rotatable bonds is 1. The Kier molecular flexibility index (Phi) is 2.70. The van der Waals surface area contributed by atoms with E-state index in [0.29, 0.717) is 5.02 Å². The van der Waals surface area contributed by atoms with Crippen molar-refractivity contribution in [3.8, 4) is 0 Å². The highest BCUT2D eigenvalue weighted by Crippen LogP contribution is 2.23. The van der Waals surface area contributed by atoms with Crippen LogP contribution in [0.3, 0.4) is 0 Å². The van der Waals surface area contributed by atoms with Gasteiger partial charge in [0.05, 0.1) is 0 Å². The molecule has 0 atom stereocenters. The molecule has 1 aromatic carbocycles. The van der Waals surface area contributed by atoms with E-state index in [9.17, 15) is 4.79 Å². The van der Waals surface area contributed by atoms with Gasteiger partial charge in [0.25, 0.3) is 5.91 Å². The summed E-state index contributed by atoms with van der Waals surface area (Å²) in [7, 11) is 0. The molecule has 1 heterocycles. The molecule has 1 aromatic rings. The van der Waals surface area contributed by atoms with Crippen molar-refractivity contribution in [1.29, 1.82) is 0 Å². The van der Waals surface area contributed by atoms with Gasteiger partial charge >= 0.3 is 0 Å². The third-order valence-electron chi connectivity index (χ3n) is 2.80. The SMILES string of the molecule is CC(C)N1CCc2cc(Cl)ccc2C1=O. The summed E-state index contributed by atoms with van der Waals surface area (Å²) in [4.78, 5) is 14.0. The predicted molar refractivity (Wildman–Crippen MR) is 61.3 cm³/mol. The van der Waals surface area contributed by atoms with Crippen molar-refractivity contribution >= 4 is 17.5 Å². The first kappa shape index (κ1) is 10.5. The molecule has 0 aliphatic carbocycles. The summed E-state index contributed by atoms with van der Waals surface area (Å²) < 4.78 is 0. The molecule has 1 aliphatic rings. The van der Waals surface area contributed by atoms with Crippen LogP contribution in [0.1, 0.15) is 29.8 Å². The average Bonchev–Trinajstić information content (AvgIpc) is 2.17. The molecule has 1 aliphatic heterocycles. The monoisotopic (exact) mass is 223 g/mol. The van der Waals surface area contributed by atoms with Crippen molar-refractivity contribution in [1.82, 2.24) is 4.90 Å². The number of benzene rings is 1. The molecule has 2 nitrogen and oxygen atoms in total. The fraction of sp³-hybridized carbons (Fsp3) is 0.417. The molecule has 0 spiro atoms. The third-order valence-corrected chi connectivity index (χ3v) is 3.04. The number of hydrogen-bond acceptors (Lipinski definition) is 1. The summed E-state index contributed by atoms with van der Waals surface area (Å²) in [6, 6.07) is 5.77.